The number of nitrogens with zero attached hydrogens (tertiary/aromatic N) is 1. The number of carbonyl (C=O) groups is 3. The van der Waals surface area contributed by atoms with Gasteiger partial charge >= 0.3 is 6.03 Å². The van der Waals surface area contributed by atoms with Crippen LogP contribution in [0.5, 0.6) is 17.2 Å². The number of barbiturate groups is 1. The number of urea groups is 1. The van der Waals surface area contributed by atoms with Gasteiger partial charge in [0.05, 0.1) is 27.0 Å². The summed E-state index contributed by atoms with van der Waals surface area (Å²) in [7, 11) is 4.53. The molecule has 4 amide bonds. The molecule has 0 aliphatic carbocycles. The van der Waals surface area contributed by atoms with Crippen molar-refractivity contribution in [3.05, 3.63) is 65.8 Å². The largest absolute Gasteiger partial charge is 0.497 e. The zero-order valence-electron chi connectivity index (χ0n) is 17.4. The highest BCUT2D eigenvalue weighted by molar-refractivity contribution is 6.39. The summed E-state index contributed by atoms with van der Waals surface area (Å²) in [6, 6.07) is 8.94. The molecule has 0 bridgehead atoms. The third-order valence-electron chi connectivity index (χ3n) is 4.69. The van der Waals surface area contributed by atoms with E-state index in [4.69, 9.17) is 14.2 Å². The van der Waals surface area contributed by atoms with Gasteiger partial charge in [-0.15, -0.1) is 6.58 Å². The van der Waals surface area contributed by atoms with E-state index in [1.54, 1.807) is 42.5 Å². The molecule has 31 heavy (non-hydrogen) atoms. The number of allylic oxidation sites excluding steroid dienone is 1. The van der Waals surface area contributed by atoms with Crippen molar-refractivity contribution < 1.29 is 28.6 Å². The summed E-state index contributed by atoms with van der Waals surface area (Å²) in [5.74, 6) is 0.0405. The Balaban J connectivity index is 2.05. The van der Waals surface area contributed by atoms with Crippen LogP contribution in [0.2, 0.25) is 0 Å². The number of imide groups is 2. The number of ether oxygens (including phenoxy) is 3. The van der Waals surface area contributed by atoms with Crippen molar-refractivity contribution in [2.24, 2.45) is 0 Å². The topological polar surface area (TPSA) is 94.2 Å². The Morgan fingerprint density at radius 2 is 1.71 bits per heavy atom. The third kappa shape index (κ3) is 4.28. The number of methoxy groups -OCH3 is 3. The minimum absolute atomic E-state index is 0.188. The Bertz CT molecular complexity index is 1070. The first kappa shape index (κ1) is 21.6. The van der Waals surface area contributed by atoms with Crippen LogP contribution in [0.3, 0.4) is 0 Å². The average Bonchev–Trinajstić information content (AvgIpc) is 2.76. The number of hydrogen-bond acceptors (Lipinski definition) is 6. The summed E-state index contributed by atoms with van der Waals surface area (Å²) in [5, 5.41) is 2.20. The van der Waals surface area contributed by atoms with E-state index in [9.17, 15) is 14.4 Å². The highest BCUT2D eigenvalue weighted by atomic mass is 16.5. The zero-order valence-corrected chi connectivity index (χ0v) is 17.4. The van der Waals surface area contributed by atoms with Crippen LogP contribution in [0.15, 0.2) is 54.6 Å². The van der Waals surface area contributed by atoms with E-state index >= 15 is 0 Å². The summed E-state index contributed by atoms with van der Waals surface area (Å²) in [6.45, 7) is 3.74. The maximum Gasteiger partial charge on any atom is 0.335 e. The van der Waals surface area contributed by atoms with Gasteiger partial charge in [0.25, 0.3) is 11.8 Å². The number of amides is 4. The molecule has 0 atom stereocenters. The van der Waals surface area contributed by atoms with Crippen LogP contribution in [-0.4, -0.2) is 39.2 Å². The first-order valence-corrected chi connectivity index (χ1v) is 9.34. The Morgan fingerprint density at radius 3 is 2.29 bits per heavy atom. The summed E-state index contributed by atoms with van der Waals surface area (Å²) in [5.41, 5.74) is 1.43. The quantitative estimate of drug-likeness (QED) is 0.419. The van der Waals surface area contributed by atoms with Gasteiger partial charge < -0.3 is 14.2 Å². The highest BCUT2D eigenvalue weighted by Crippen LogP contribution is 2.34. The van der Waals surface area contributed by atoms with Crippen LogP contribution in [0, 0.1) is 0 Å². The second kappa shape index (κ2) is 9.17. The van der Waals surface area contributed by atoms with Gasteiger partial charge in [-0.2, -0.15) is 0 Å². The van der Waals surface area contributed by atoms with Crippen LogP contribution < -0.4 is 24.4 Å². The van der Waals surface area contributed by atoms with Gasteiger partial charge in [0.2, 0.25) is 0 Å². The Hall–Kier alpha value is -4.07. The maximum atomic E-state index is 13.1. The first-order valence-electron chi connectivity index (χ1n) is 9.34. The van der Waals surface area contributed by atoms with Crippen LogP contribution in [-0.2, 0) is 16.0 Å². The van der Waals surface area contributed by atoms with E-state index in [0.717, 1.165) is 10.5 Å². The van der Waals surface area contributed by atoms with Crippen molar-refractivity contribution >= 4 is 29.6 Å². The lowest BCUT2D eigenvalue weighted by Gasteiger charge is -2.26. The standard InChI is InChI=1S/C23H22N2O6/c1-5-6-15-11-14(13-19(30-3)20(15)31-4)12-18-21(26)24-23(28)25(22(18)27)16-7-9-17(29-2)10-8-16/h5,7-13H,1,6H2,2-4H3,(H,24,26,28)/b18-12+. The van der Waals surface area contributed by atoms with Crippen LogP contribution in [0.1, 0.15) is 11.1 Å². The Labute approximate surface area is 179 Å². The molecule has 1 heterocycles. The molecule has 1 aliphatic rings. The van der Waals surface area contributed by atoms with Crippen molar-refractivity contribution in [3.8, 4) is 17.2 Å². The predicted octanol–water partition coefficient (Wildman–Crippen LogP) is 3.11. The van der Waals surface area contributed by atoms with E-state index in [-0.39, 0.29) is 5.57 Å². The van der Waals surface area contributed by atoms with Crippen LogP contribution >= 0.6 is 0 Å². The Kier molecular flexibility index (Phi) is 6.40. The summed E-state index contributed by atoms with van der Waals surface area (Å²) in [4.78, 5) is 38.8. The van der Waals surface area contributed by atoms with Crippen molar-refractivity contribution in [2.75, 3.05) is 26.2 Å². The molecule has 1 N–H and O–H groups in total. The summed E-state index contributed by atoms with van der Waals surface area (Å²) in [6.07, 6.45) is 3.61. The highest BCUT2D eigenvalue weighted by Gasteiger charge is 2.36. The molecule has 0 saturated carbocycles. The molecule has 0 unspecified atom stereocenters. The van der Waals surface area contributed by atoms with E-state index in [0.29, 0.717) is 34.9 Å². The fourth-order valence-corrected chi connectivity index (χ4v) is 3.25. The molecule has 0 radical (unpaired) electrons. The molecule has 160 valence electrons. The van der Waals surface area contributed by atoms with Gasteiger partial charge in [-0.1, -0.05) is 6.08 Å². The molecular weight excluding hydrogens is 400 g/mol. The van der Waals surface area contributed by atoms with Gasteiger partial charge in [0, 0.05) is 5.56 Å². The second-order valence-electron chi connectivity index (χ2n) is 6.56. The van der Waals surface area contributed by atoms with Gasteiger partial charge in [-0.05, 0) is 54.5 Å². The number of nitrogens with one attached hydrogen (secondary N) is 1. The molecule has 1 fully saturated rings. The minimum Gasteiger partial charge on any atom is -0.497 e. The molecule has 1 aliphatic heterocycles. The molecule has 0 aromatic heterocycles. The minimum atomic E-state index is -0.822. The van der Waals surface area contributed by atoms with E-state index in [2.05, 4.69) is 11.9 Å². The SMILES string of the molecule is C=CCc1cc(/C=C2\C(=O)NC(=O)N(c3ccc(OC)cc3)C2=O)cc(OC)c1OC. The number of hydrogen-bond donors (Lipinski definition) is 1. The number of rotatable bonds is 7. The normalized spacial score (nSPS) is 15.0. The number of carbonyl (C=O) groups excluding carboxylic acids is 3. The predicted molar refractivity (Wildman–Crippen MR) is 115 cm³/mol. The van der Waals surface area contributed by atoms with Gasteiger partial charge in [-0.3, -0.25) is 14.9 Å². The van der Waals surface area contributed by atoms with Gasteiger partial charge in [0.15, 0.2) is 11.5 Å². The second-order valence-corrected chi connectivity index (χ2v) is 6.56. The van der Waals surface area contributed by atoms with E-state index < -0.39 is 17.8 Å². The molecule has 3 rings (SSSR count). The number of anilines is 1. The van der Waals surface area contributed by atoms with Crippen molar-refractivity contribution in [1.29, 1.82) is 0 Å². The lowest BCUT2D eigenvalue weighted by atomic mass is 10.0. The lowest BCUT2D eigenvalue weighted by molar-refractivity contribution is -0.122. The fraction of sp³-hybridized carbons (Fsp3) is 0.174. The molecule has 8 nitrogen and oxygen atoms in total. The monoisotopic (exact) mass is 422 g/mol. The van der Waals surface area contributed by atoms with Crippen molar-refractivity contribution in [1.82, 2.24) is 5.32 Å². The molecule has 8 heteroatoms. The smallest absolute Gasteiger partial charge is 0.335 e. The fourth-order valence-electron chi connectivity index (χ4n) is 3.25. The van der Waals surface area contributed by atoms with Gasteiger partial charge in [0.1, 0.15) is 11.3 Å². The molecule has 2 aromatic rings. The van der Waals surface area contributed by atoms with Crippen molar-refractivity contribution in [3.63, 3.8) is 0 Å². The first-order chi connectivity index (χ1) is 14.9. The zero-order chi connectivity index (χ0) is 22.5. The molecule has 1 saturated heterocycles. The maximum absolute atomic E-state index is 13.1. The van der Waals surface area contributed by atoms with E-state index in [1.165, 1.54) is 27.4 Å². The molecule has 0 spiro atoms. The third-order valence-corrected chi connectivity index (χ3v) is 4.69. The number of benzene rings is 2. The molecular formula is C23H22N2O6. The lowest BCUT2D eigenvalue weighted by Crippen LogP contribution is -2.54. The van der Waals surface area contributed by atoms with Gasteiger partial charge in [-0.25, -0.2) is 9.69 Å². The van der Waals surface area contributed by atoms with Crippen molar-refractivity contribution in [2.45, 2.75) is 6.42 Å². The average molecular weight is 422 g/mol. The summed E-state index contributed by atoms with van der Waals surface area (Å²) >= 11 is 0. The van der Waals surface area contributed by atoms with E-state index in [1.807, 2.05) is 0 Å². The van der Waals surface area contributed by atoms with Crippen LogP contribution in [0.4, 0.5) is 10.5 Å². The van der Waals surface area contributed by atoms with Crippen LogP contribution in [0.25, 0.3) is 6.08 Å². The Morgan fingerprint density at radius 1 is 1.00 bits per heavy atom. The summed E-state index contributed by atoms with van der Waals surface area (Å²) < 4.78 is 15.9. The molecule has 2 aromatic carbocycles.